The van der Waals surface area contributed by atoms with Gasteiger partial charge >= 0.3 is 0 Å². The first-order valence-electron chi connectivity index (χ1n) is 8.52. The van der Waals surface area contributed by atoms with Gasteiger partial charge in [0.25, 0.3) is 5.91 Å². The Labute approximate surface area is 156 Å². The van der Waals surface area contributed by atoms with Crippen LogP contribution in [0.5, 0.6) is 0 Å². The number of amides is 1. The molecule has 0 N–H and O–H groups in total. The molecule has 2 aromatic heterocycles. The Kier molecular flexibility index (Phi) is 4.42. The van der Waals surface area contributed by atoms with Gasteiger partial charge in [-0.1, -0.05) is 29.8 Å². The summed E-state index contributed by atoms with van der Waals surface area (Å²) in [6, 6.07) is 11.3. The minimum absolute atomic E-state index is 0.0609. The second-order valence-corrected chi connectivity index (χ2v) is 6.75. The summed E-state index contributed by atoms with van der Waals surface area (Å²) in [5.74, 6) is 0.822. The number of carbonyl (C=O) groups is 1. The van der Waals surface area contributed by atoms with Gasteiger partial charge in [0.2, 0.25) is 0 Å². The van der Waals surface area contributed by atoms with Crippen LogP contribution in [-0.4, -0.2) is 51.7 Å². The summed E-state index contributed by atoms with van der Waals surface area (Å²) in [5, 5.41) is 10.5. The molecule has 3 heterocycles. The number of pyridine rings is 1. The molecule has 0 radical (unpaired) electrons. The quantitative estimate of drug-likeness (QED) is 0.696. The van der Waals surface area contributed by atoms with Gasteiger partial charge in [-0.25, -0.2) is 0 Å². The predicted molar refractivity (Wildman–Crippen MR) is 101 cm³/mol. The Bertz CT molecular complexity index is 949. The third-order valence-electron chi connectivity index (χ3n) is 4.72. The third-order valence-corrected chi connectivity index (χ3v) is 5.00. The minimum Gasteiger partial charge on any atom is -0.348 e. The van der Waals surface area contributed by atoms with E-state index in [1.807, 2.05) is 41.3 Å². The number of halogens is 1. The van der Waals surface area contributed by atoms with Gasteiger partial charge in [0.15, 0.2) is 11.0 Å². The van der Waals surface area contributed by atoms with E-state index in [2.05, 4.69) is 27.0 Å². The molecule has 4 rings (SSSR count). The number of benzene rings is 1. The lowest BCUT2D eigenvalue weighted by Crippen LogP contribution is -2.54. The van der Waals surface area contributed by atoms with E-state index in [-0.39, 0.29) is 11.9 Å². The molecule has 132 valence electrons. The molecule has 6 nitrogen and oxygen atoms in total. The van der Waals surface area contributed by atoms with E-state index < -0.39 is 0 Å². The summed E-state index contributed by atoms with van der Waals surface area (Å²) in [4.78, 5) is 21.0. The summed E-state index contributed by atoms with van der Waals surface area (Å²) in [6.07, 6.45) is 3.46. The van der Waals surface area contributed by atoms with Gasteiger partial charge in [0, 0.05) is 54.4 Å². The molecule has 1 aliphatic rings. The number of aromatic nitrogens is 3. The first-order valence-corrected chi connectivity index (χ1v) is 8.90. The molecular formula is C19H18ClN5O. The van der Waals surface area contributed by atoms with Crippen molar-refractivity contribution in [3.05, 3.63) is 59.5 Å². The Morgan fingerprint density at radius 2 is 1.92 bits per heavy atom. The number of hydrogen-bond donors (Lipinski definition) is 0. The molecule has 1 saturated heterocycles. The van der Waals surface area contributed by atoms with Gasteiger partial charge in [-0.15, -0.1) is 10.2 Å². The number of hydrogen-bond acceptors (Lipinski definition) is 5. The molecular weight excluding hydrogens is 350 g/mol. The van der Waals surface area contributed by atoms with Crippen LogP contribution in [0.4, 0.5) is 5.82 Å². The lowest BCUT2D eigenvalue weighted by Gasteiger charge is -2.40. The molecule has 1 amide bonds. The van der Waals surface area contributed by atoms with Crippen molar-refractivity contribution in [3.8, 4) is 0 Å². The van der Waals surface area contributed by atoms with Gasteiger partial charge in [-0.3, -0.25) is 9.78 Å². The summed E-state index contributed by atoms with van der Waals surface area (Å²) >= 11 is 6.16. The molecule has 26 heavy (non-hydrogen) atoms. The monoisotopic (exact) mass is 367 g/mol. The highest BCUT2D eigenvalue weighted by Crippen LogP contribution is 2.29. The lowest BCUT2D eigenvalue weighted by atomic mass is 10.1. The number of carbonyl (C=O) groups excluding carboxylic acids is 1. The SMILES string of the molecule is C[C@@H]1CN(C(=O)c2ccccc2)CCN1c1nnc(Cl)c2ccncc12. The van der Waals surface area contributed by atoms with Crippen molar-refractivity contribution in [1.82, 2.24) is 20.1 Å². The predicted octanol–water partition coefficient (Wildman–Crippen LogP) is 3.03. The van der Waals surface area contributed by atoms with Crippen LogP contribution in [0.15, 0.2) is 48.8 Å². The summed E-state index contributed by atoms with van der Waals surface area (Å²) < 4.78 is 0. The van der Waals surface area contributed by atoms with Crippen molar-refractivity contribution in [2.75, 3.05) is 24.5 Å². The fraction of sp³-hybridized carbons (Fsp3) is 0.263. The zero-order valence-electron chi connectivity index (χ0n) is 14.3. The van der Waals surface area contributed by atoms with Crippen molar-refractivity contribution in [2.45, 2.75) is 13.0 Å². The molecule has 1 fully saturated rings. The van der Waals surface area contributed by atoms with Gasteiger partial charge in [-0.05, 0) is 25.1 Å². The van der Waals surface area contributed by atoms with E-state index in [0.717, 1.165) is 16.6 Å². The summed E-state index contributed by atoms with van der Waals surface area (Å²) in [6.45, 7) is 4.02. The first kappa shape index (κ1) is 16.7. The molecule has 1 aliphatic heterocycles. The van der Waals surface area contributed by atoms with E-state index in [4.69, 9.17) is 11.6 Å². The average molecular weight is 368 g/mol. The second-order valence-electron chi connectivity index (χ2n) is 6.40. The molecule has 1 atom stereocenters. The maximum Gasteiger partial charge on any atom is 0.253 e. The topological polar surface area (TPSA) is 62.2 Å². The normalized spacial score (nSPS) is 17.5. The Hall–Kier alpha value is -2.73. The fourth-order valence-electron chi connectivity index (χ4n) is 3.38. The highest BCUT2D eigenvalue weighted by Gasteiger charge is 2.29. The maximum atomic E-state index is 12.7. The lowest BCUT2D eigenvalue weighted by molar-refractivity contribution is 0.0726. The second kappa shape index (κ2) is 6.88. The molecule has 0 spiro atoms. The minimum atomic E-state index is 0.0609. The Morgan fingerprint density at radius 3 is 2.69 bits per heavy atom. The van der Waals surface area contributed by atoms with Crippen LogP contribution in [-0.2, 0) is 0 Å². The Balaban J connectivity index is 1.59. The van der Waals surface area contributed by atoms with Crippen LogP contribution in [0, 0.1) is 0 Å². The molecule has 0 unspecified atom stereocenters. The number of rotatable bonds is 2. The van der Waals surface area contributed by atoms with E-state index in [0.29, 0.717) is 30.4 Å². The van der Waals surface area contributed by atoms with Crippen LogP contribution in [0.25, 0.3) is 10.8 Å². The molecule has 0 bridgehead atoms. The van der Waals surface area contributed by atoms with E-state index in [9.17, 15) is 4.79 Å². The van der Waals surface area contributed by atoms with Crippen molar-refractivity contribution in [2.24, 2.45) is 0 Å². The van der Waals surface area contributed by atoms with Crippen LogP contribution in [0.2, 0.25) is 5.15 Å². The summed E-state index contributed by atoms with van der Waals surface area (Å²) in [7, 11) is 0. The molecule has 7 heteroatoms. The largest absolute Gasteiger partial charge is 0.348 e. The van der Waals surface area contributed by atoms with E-state index in [1.54, 1.807) is 12.4 Å². The number of anilines is 1. The number of piperazine rings is 1. The van der Waals surface area contributed by atoms with Crippen molar-refractivity contribution in [1.29, 1.82) is 0 Å². The number of fused-ring (bicyclic) bond motifs is 1. The molecule has 0 saturated carbocycles. The van der Waals surface area contributed by atoms with Gasteiger partial charge in [0.05, 0.1) is 0 Å². The van der Waals surface area contributed by atoms with E-state index >= 15 is 0 Å². The first-order chi connectivity index (χ1) is 12.6. The summed E-state index contributed by atoms with van der Waals surface area (Å²) in [5.41, 5.74) is 0.717. The highest BCUT2D eigenvalue weighted by molar-refractivity contribution is 6.34. The molecule has 3 aromatic rings. The zero-order chi connectivity index (χ0) is 18.1. The smallest absolute Gasteiger partial charge is 0.253 e. The molecule has 0 aliphatic carbocycles. The van der Waals surface area contributed by atoms with Crippen LogP contribution in [0.3, 0.4) is 0 Å². The average Bonchev–Trinajstić information content (AvgIpc) is 2.69. The van der Waals surface area contributed by atoms with Crippen molar-refractivity contribution >= 4 is 34.1 Å². The van der Waals surface area contributed by atoms with Crippen LogP contribution in [0.1, 0.15) is 17.3 Å². The van der Waals surface area contributed by atoms with Crippen molar-refractivity contribution < 1.29 is 4.79 Å². The molecule has 1 aromatic carbocycles. The van der Waals surface area contributed by atoms with Gasteiger partial charge < -0.3 is 9.80 Å². The fourth-order valence-corrected chi connectivity index (χ4v) is 3.59. The Morgan fingerprint density at radius 1 is 1.12 bits per heavy atom. The van der Waals surface area contributed by atoms with Gasteiger partial charge in [-0.2, -0.15) is 0 Å². The zero-order valence-corrected chi connectivity index (χ0v) is 15.1. The van der Waals surface area contributed by atoms with E-state index in [1.165, 1.54) is 0 Å². The highest BCUT2D eigenvalue weighted by atomic mass is 35.5. The van der Waals surface area contributed by atoms with Crippen molar-refractivity contribution in [3.63, 3.8) is 0 Å². The van der Waals surface area contributed by atoms with Crippen LogP contribution < -0.4 is 4.90 Å². The maximum absolute atomic E-state index is 12.7. The van der Waals surface area contributed by atoms with Crippen LogP contribution >= 0.6 is 11.6 Å². The third kappa shape index (κ3) is 2.97. The number of nitrogens with zero attached hydrogens (tertiary/aromatic N) is 5. The standard InChI is InChI=1S/C19H18ClN5O/c1-13-12-24(19(26)14-5-3-2-4-6-14)9-10-25(13)18-16-11-21-8-7-15(16)17(20)22-23-18/h2-8,11,13H,9-10,12H2,1H3/t13-/m1/s1. The van der Waals surface area contributed by atoms with Gasteiger partial charge in [0.1, 0.15) is 0 Å².